The van der Waals surface area contributed by atoms with Gasteiger partial charge in [0.25, 0.3) is 0 Å². The van der Waals surface area contributed by atoms with E-state index in [0.29, 0.717) is 16.0 Å². The van der Waals surface area contributed by atoms with Gasteiger partial charge in [-0.15, -0.1) is 11.3 Å². The Kier molecular flexibility index (Phi) is 5.78. The number of amides is 1. The molecular weight excluding hydrogens is 351 g/mol. The number of anilines is 1. The molecule has 24 heavy (non-hydrogen) atoms. The van der Waals surface area contributed by atoms with Crippen LogP contribution in [-0.2, 0) is 21.2 Å². The first-order valence-electron chi connectivity index (χ1n) is 6.96. The van der Waals surface area contributed by atoms with Gasteiger partial charge in [-0.25, -0.2) is 12.7 Å². The number of carbonyl (C=O) groups is 1. The Morgan fingerprint density at radius 2 is 2.00 bits per heavy atom. The van der Waals surface area contributed by atoms with Crippen LogP contribution < -0.4 is 10.8 Å². The molecule has 2 aromatic rings. The SMILES string of the molecule is CN(C)S(=O)(=O)c1cccc(CC(=O)Nc2cc(B(O)O)cs2)c1. The van der Waals surface area contributed by atoms with E-state index in [0.717, 1.165) is 4.31 Å². The number of sulfonamides is 1. The van der Waals surface area contributed by atoms with E-state index in [1.807, 2.05) is 0 Å². The zero-order valence-electron chi connectivity index (χ0n) is 13.1. The Morgan fingerprint density at radius 3 is 2.58 bits per heavy atom. The third-order valence-corrected chi connectivity index (χ3v) is 5.90. The van der Waals surface area contributed by atoms with Crippen LogP contribution in [0.5, 0.6) is 0 Å². The predicted octanol–water partition coefficient (Wildman–Crippen LogP) is -0.141. The van der Waals surface area contributed by atoms with Gasteiger partial charge in [-0.2, -0.15) is 0 Å². The second-order valence-electron chi connectivity index (χ2n) is 5.28. The van der Waals surface area contributed by atoms with Crippen molar-refractivity contribution >= 4 is 44.8 Å². The molecule has 7 nitrogen and oxygen atoms in total. The van der Waals surface area contributed by atoms with E-state index in [1.165, 1.54) is 49.0 Å². The van der Waals surface area contributed by atoms with E-state index in [2.05, 4.69) is 5.32 Å². The lowest BCUT2D eigenvalue weighted by atomic mass is 9.83. The molecule has 0 fully saturated rings. The van der Waals surface area contributed by atoms with Crippen LogP contribution in [0, 0.1) is 0 Å². The Morgan fingerprint density at radius 1 is 1.29 bits per heavy atom. The van der Waals surface area contributed by atoms with Gasteiger partial charge in [0.2, 0.25) is 15.9 Å². The highest BCUT2D eigenvalue weighted by atomic mass is 32.2. The normalized spacial score (nSPS) is 11.5. The third kappa shape index (κ3) is 4.43. The minimum atomic E-state index is -3.55. The number of hydrogen-bond donors (Lipinski definition) is 3. The van der Waals surface area contributed by atoms with Crippen molar-refractivity contribution in [3.05, 3.63) is 41.3 Å². The van der Waals surface area contributed by atoms with Gasteiger partial charge < -0.3 is 15.4 Å². The lowest BCUT2D eigenvalue weighted by molar-refractivity contribution is -0.115. The van der Waals surface area contributed by atoms with Crippen molar-refractivity contribution in [3.8, 4) is 0 Å². The molecule has 0 saturated carbocycles. The van der Waals surface area contributed by atoms with Crippen molar-refractivity contribution in [2.24, 2.45) is 0 Å². The Hall–Kier alpha value is -1.72. The van der Waals surface area contributed by atoms with Crippen LogP contribution >= 0.6 is 11.3 Å². The molecule has 3 N–H and O–H groups in total. The van der Waals surface area contributed by atoms with Gasteiger partial charge >= 0.3 is 7.12 Å². The maximum Gasteiger partial charge on any atom is 0.489 e. The first-order valence-corrected chi connectivity index (χ1v) is 9.28. The molecule has 1 amide bonds. The highest BCUT2D eigenvalue weighted by molar-refractivity contribution is 7.89. The van der Waals surface area contributed by atoms with Crippen LogP contribution in [0.4, 0.5) is 5.00 Å². The molecule has 0 aliphatic rings. The number of nitrogens with one attached hydrogen (secondary N) is 1. The number of rotatable bonds is 6. The van der Waals surface area contributed by atoms with E-state index in [-0.39, 0.29) is 17.2 Å². The topological polar surface area (TPSA) is 107 Å². The van der Waals surface area contributed by atoms with E-state index in [1.54, 1.807) is 12.1 Å². The smallest absolute Gasteiger partial charge is 0.423 e. The third-order valence-electron chi connectivity index (χ3n) is 3.22. The summed E-state index contributed by atoms with van der Waals surface area (Å²) in [5.41, 5.74) is 0.865. The summed E-state index contributed by atoms with van der Waals surface area (Å²) >= 11 is 1.17. The molecule has 0 aliphatic heterocycles. The number of thiophene rings is 1. The number of benzene rings is 1. The van der Waals surface area contributed by atoms with E-state index in [4.69, 9.17) is 10.0 Å². The maximum atomic E-state index is 12.1. The second-order valence-corrected chi connectivity index (χ2v) is 8.34. The van der Waals surface area contributed by atoms with Gasteiger partial charge in [0.15, 0.2) is 0 Å². The predicted molar refractivity (Wildman–Crippen MR) is 93.8 cm³/mol. The molecule has 0 radical (unpaired) electrons. The summed E-state index contributed by atoms with van der Waals surface area (Å²) in [7, 11) is -2.25. The van der Waals surface area contributed by atoms with Crippen LogP contribution in [0.3, 0.4) is 0 Å². The van der Waals surface area contributed by atoms with Gasteiger partial charge in [0.1, 0.15) is 0 Å². The molecule has 1 aromatic heterocycles. The highest BCUT2D eigenvalue weighted by Crippen LogP contribution is 2.17. The molecule has 0 aliphatic carbocycles. The summed E-state index contributed by atoms with van der Waals surface area (Å²) in [6, 6.07) is 7.67. The van der Waals surface area contributed by atoms with Crippen LogP contribution in [0.25, 0.3) is 0 Å². The van der Waals surface area contributed by atoms with Crippen LogP contribution in [-0.4, -0.2) is 49.9 Å². The molecule has 0 atom stereocenters. The van der Waals surface area contributed by atoms with Crippen molar-refractivity contribution in [1.82, 2.24) is 4.31 Å². The fraction of sp³-hybridized carbons (Fsp3) is 0.214. The minimum absolute atomic E-state index is 0.00566. The number of nitrogens with zero attached hydrogens (tertiary/aromatic N) is 1. The first kappa shape index (κ1) is 18.6. The monoisotopic (exact) mass is 368 g/mol. The van der Waals surface area contributed by atoms with Crippen molar-refractivity contribution in [1.29, 1.82) is 0 Å². The van der Waals surface area contributed by atoms with E-state index in [9.17, 15) is 13.2 Å². The zero-order chi connectivity index (χ0) is 17.9. The lowest BCUT2D eigenvalue weighted by Crippen LogP contribution is -2.28. The van der Waals surface area contributed by atoms with Crippen molar-refractivity contribution < 1.29 is 23.3 Å². The highest BCUT2D eigenvalue weighted by Gasteiger charge is 2.18. The molecule has 1 aromatic carbocycles. The average molecular weight is 368 g/mol. The molecule has 0 bridgehead atoms. The van der Waals surface area contributed by atoms with Crippen LogP contribution in [0.1, 0.15) is 5.56 Å². The minimum Gasteiger partial charge on any atom is -0.423 e. The zero-order valence-corrected chi connectivity index (χ0v) is 14.8. The largest absolute Gasteiger partial charge is 0.489 e. The summed E-state index contributed by atoms with van der Waals surface area (Å²) in [4.78, 5) is 12.2. The Balaban J connectivity index is 2.09. The summed E-state index contributed by atoms with van der Waals surface area (Å²) in [5.74, 6) is -0.324. The maximum absolute atomic E-state index is 12.1. The molecule has 0 saturated heterocycles. The molecule has 0 spiro atoms. The Labute approximate surface area is 144 Å². The Bertz CT molecular complexity index is 833. The van der Waals surface area contributed by atoms with Gasteiger partial charge in [0, 0.05) is 14.1 Å². The van der Waals surface area contributed by atoms with Gasteiger partial charge in [-0.05, 0) is 34.6 Å². The first-order chi connectivity index (χ1) is 11.2. The number of carbonyl (C=O) groups excluding carboxylic acids is 1. The fourth-order valence-electron chi connectivity index (χ4n) is 1.95. The van der Waals surface area contributed by atoms with Gasteiger partial charge in [-0.1, -0.05) is 12.1 Å². The van der Waals surface area contributed by atoms with Crippen LogP contribution in [0.2, 0.25) is 0 Å². The fourth-order valence-corrected chi connectivity index (χ4v) is 3.75. The summed E-state index contributed by atoms with van der Waals surface area (Å²) in [6.45, 7) is 0. The molecule has 10 heteroatoms. The summed E-state index contributed by atoms with van der Waals surface area (Å²) in [5, 5.41) is 22.8. The average Bonchev–Trinajstić information content (AvgIpc) is 2.95. The van der Waals surface area contributed by atoms with Gasteiger partial charge in [-0.3, -0.25) is 4.79 Å². The lowest BCUT2D eigenvalue weighted by Gasteiger charge is -2.12. The second kappa shape index (κ2) is 7.45. The molecular formula is C14H17BN2O5S2. The molecule has 1 heterocycles. The van der Waals surface area contributed by atoms with Crippen molar-refractivity contribution in [2.45, 2.75) is 11.3 Å². The van der Waals surface area contributed by atoms with Gasteiger partial charge in [0.05, 0.1) is 16.3 Å². The molecule has 0 unspecified atom stereocenters. The van der Waals surface area contributed by atoms with Crippen molar-refractivity contribution in [2.75, 3.05) is 19.4 Å². The number of hydrogen-bond acceptors (Lipinski definition) is 6. The summed E-state index contributed by atoms with van der Waals surface area (Å²) in [6.07, 6.45) is 0.00566. The quantitative estimate of drug-likeness (QED) is 0.616. The summed E-state index contributed by atoms with van der Waals surface area (Å²) < 4.78 is 25.3. The molecule has 2 rings (SSSR count). The standard InChI is InChI=1S/C14H17BN2O5S2/c1-17(2)24(21,22)12-5-3-4-10(6-12)7-13(18)16-14-8-11(9-23-14)15(19)20/h3-6,8-9,19-20H,7H2,1-2H3,(H,16,18). The van der Waals surface area contributed by atoms with E-state index < -0.39 is 17.1 Å². The molecule has 128 valence electrons. The van der Waals surface area contributed by atoms with Crippen LogP contribution in [0.15, 0.2) is 40.6 Å². The van der Waals surface area contributed by atoms with Crippen molar-refractivity contribution in [3.63, 3.8) is 0 Å². The van der Waals surface area contributed by atoms with E-state index >= 15 is 0 Å².